The van der Waals surface area contributed by atoms with Gasteiger partial charge in [0.1, 0.15) is 0 Å². The van der Waals surface area contributed by atoms with Gasteiger partial charge in [-0.25, -0.2) is 0 Å². The summed E-state index contributed by atoms with van der Waals surface area (Å²) in [6, 6.07) is 4.99. The molecule has 16 heavy (non-hydrogen) atoms. The summed E-state index contributed by atoms with van der Waals surface area (Å²) in [7, 11) is 0. The molecule has 1 atom stereocenters. The first-order valence-corrected chi connectivity index (χ1v) is 4.70. The van der Waals surface area contributed by atoms with Crippen molar-refractivity contribution in [1.29, 1.82) is 0 Å². The van der Waals surface area contributed by atoms with Crippen molar-refractivity contribution in [3.63, 3.8) is 0 Å². The molecule has 4 heteroatoms. The molecule has 1 aromatic rings. The largest absolute Gasteiger partial charge is 0.416 e. The molecule has 1 N–H and O–H groups in total. The molecule has 1 rings (SSSR count). The van der Waals surface area contributed by atoms with Crippen LogP contribution >= 0.6 is 0 Å². The first-order valence-electron chi connectivity index (χ1n) is 4.70. The Bertz CT molecular complexity index is 412. The lowest BCUT2D eigenvalue weighted by Crippen LogP contribution is -2.11. The summed E-state index contributed by atoms with van der Waals surface area (Å²) in [5.74, 6) is 5.09. The van der Waals surface area contributed by atoms with Crippen LogP contribution in [0.5, 0.6) is 0 Å². The monoisotopic (exact) mass is 228 g/mol. The van der Waals surface area contributed by atoms with Crippen molar-refractivity contribution in [2.75, 3.05) is 0 Å². The Morgan fingerprint density at radius 2 is 1.94 bits per heavy atom. The minimum Gasteiger partial charge on any atom is -0.387 e. The fourth-order valence-electron chi connectivity index (χ4n) is 1.35. The van der Waals surface area contributed by atoms with Crippen LogP contribution in [0.3, 0.4) is 0 Å². The maximum atomic E-state index is 12.6. The zero-order valence-electron chi connectivity index (χ0n) is 8.67. The van der Waals surface area contributed by atoms with Gasteiger partial charge in [0.25, 0.3) is 0 Å². The summed E-state index contributed by atoms with van der Waals surface area (Å²) in [5, 5.41) is 9.59. The molecule has 0 saturated carbocycles. The molecule has 0 radical (unpaired) electrons. The second kappa shape index (κ2) is 5.04. The van der Waals surface area contributed by atoms with Crippen LogP contribution in [0.2, 0.25) is 0 Å². The normalized spacial score (nSPS) is 12.8. The first kappa shape index (κ1) is 12.6. The number of hydrogen-bond donors (Lipinski definition) is 1. The number of halogens is 3. The number of rotatable bonds is 2. The zero-order chi connectivity index (χ0) is 12.2. The first-order chi connectivity index (χ1) is 7.46. The molecule has 0 bridgehead atoms. The molecular weight excluding hydrogens is 217 g/mol. The maximum Gasteiger partial charge on any atom is 0.416 e. The lowest BCUT2D eigenvalue weighted by atomic mass is 10.00. The molecule has 0 amide bonds. The molecule has 0 saturated heterocycles. The highest BCUT2D eigenvalue weighted by molar-refractivity contribution is 5.32. The topological polar surface area (TPSA) is 20.2 Å². The van der Waals surface area contributed by atoms with Gasteiger partial charge in [0.15, 0.2) is 0 Å². The molecular formula is C12H11F3O. The Hall–Kier alpha value is -1.47. The van der Waals surface area contributed by atoms with Gasteiger partial charge in [-0.2, -0.15) is 13.2 Å². The zero-order valence-corrected chi connectivity index (χ0v) is 8.67. The van der Waals surface area contributed by atoms with Gasteiger partial charge in [0.05, 0.1) is 11.7 Å². The molecule has 0 spiro atoms. The van der Waals surface area contributed by atoms with Crippen LogP contribution in [0.15, 0.2) is 24.3 Å². The third-order valence-electron chi connectivity index (χ3n) is 2.10. The molecule has 0 aliphatic rings. The van der Waals surface area contributed by atoms with Crippen LogP contribution in [-0.2, 0) is 6.18 Å². The summed E-state index contributed by atoms with van der Waals surface area (Å²) < 4.78 is 37.8. The SMILES string of the molecule is CC#CCC(O)c1ccccc1C(F)(F)F. The average molecular weight is 228 g/mol. The second-order valence-electron chi connectivity index (χ2n) is 3.23. The molecule has 0 aromatic heterocycles. The third-order valence-corrected chi connectivity index (χ3v) is 2.10. The van der Waals surface area contributed by atoms with Crippen molar-refractivity contribution in [2.45, 2.75) is 25.6 Å². The minimum absolute atomic E-state index is 0.00356. The van der Waals surface area contributed by atoms with Gasteiger partial charge in [-0.3, -0.25) is 0 Å². The van der Waals surface area contributed by atoms with Crippen molar-refractivity contribution in [3.05, 3.63) is 35.4 Å². The van der Waals surface area contributed by atoms with Gasteiger partial charge >= 0.3 is 6.18 Å². The quantitative estimate of drug-likeness (QED) is 0.771. The summed E-state index contributed by atoms with van der Waals surface area (Å²) >= 11 is 0. The highest BCUT2D eigenvalue weighted by Crippen LogP contribution is 2.35. The summed E-state index contributed by atoms with van der Waals surface area (Å²) in [6.45, 7) is 1.57. The number of benzene rings is 1. The number of alkyl halides is 3. The Balaban J connectivity index is 3.07. The van der Waals surface area contributed by atoms with Gasteiger partial charge < -0.3 is 5.11 Å². The summed E-state index contributed by atoms with van der Waals surface area (Å²) in [4.78, 5) is 0. The van der Waals surface area contributed by atoms with E-state index in [2.05, 4.69) is 11.8 Å². The number of aliphatic hydroxyl groups excluding tert-OH is 1. The van der Waals surface area contributed by atoms with E-state index in [4.69, 9.17) is 0 Å². The van der Waals surface area contributed by atoms with Crippen LogP contribution in [0.1, 0.15) is 30.6 Å². The van der Waals surface area contributed by atoms with E-state index >= 15 is 0 Å². The second-order valence-corrected chi connectivity index (χ2v) is 3.23. The van der Waals surface area contributed by atoms with Gasteiger partial charge in [-0.1, -0.05) is 18.2 Å². The molecule has 1 nitrogen and oxygen atoms in total. The van der Waals surface area contributed by atoms with Gasteiger partial charge in [0, 0.05) is 6.42 Å². The smallest absolute Gasteiger partial charge is 0.387 e. The van der Waals surface area contributed by atoms with Crippen LogP contribution in [0.4, 0.5) is 13.2 Å². The van der Waals surface area contributed by atoms with Crippen LogP contribution in [0, 0.1) is 11.8 Å². The highest BCUT2D eigenvalue weighted by Gasteiger charge is 2.34. The lowest BCUT2D eigenvalue weighted by Gasteiger charge is -2.15. The fourth-order valence-corrected chi connectivity index (χ4v) is 1.35. The van der Waals surface area contributed by atoms with E-state index in [1.54, 1.807) is 6.92 Å². The van der Waals surface area contributed by atoms with Crippen LogP contribution in [0.25, 0.3) is 0 Å². The van der Waals surface area contributed by atoms with Crippen molar-refractivity contribution >= 4 is 0 Å². The minimum atomic E-state index is -4.45. The summed E-state index contributed by atoms with van der Waals surface area (Å²) in [6.07, 6.45) is -5.65. The van der Waals surface area contributed by atoms with Gasteiger partial charge in [0.2, 0.25) is 0 Å². The van der Waals surface area contributed by atoms with Crippen molar-refractivity contribution in [2.24, 2.45) is 0 Å². The molecule has 1 aromatic carbocycles. The fraction of sp³-hybridized carbons (Fsp3) is 0.333. The van der Waals surface area contributed by atoms with Crippen molar-refractivity contribution < 1.29 is 18.3 Å². The van der Waals surface area contributed by atoms with E-state index in [1.807, 2.05) is 0 Å². The molecule has 0 aliphatic heterocycles. The van der Waals surface area contributed by atoms with Gasteiger partial charge in [-0.05, 0) is 18.6 Å². The predicted octanol–water partition coefficient (Wildman–Crippen LogP) is 3.15. The molecule has 0 fully saturated rings. The third kappa shape index (κ3) is 3.01. The maximum absolute atomic E-state index is 12.6. The molecule has 0 heterocycles. The predicted molar refractivity (Wildman–Crippen MR) is 54.5 cm³/mol. The van der Waals surface area contributed by atoms with Gasteiger partial charge in [-0.15, -0.1) is 11.8 Å². The lowest BCUT2D eigenvalue weighted by molar-refractivity contribution is -0.139. The van der Waals surface area contributed by atoms with E-state index in [1.165, 1.54) is 18.2 Å². The van der Waals surface area contributed by atoms with Crippen LogP contribution < -0.4 is 0 Å². The van der Waals surface area contributed by atoms with E-state index in [-0.39, 0.29) is 12.0 Å². The number of aliphatic hydroxyl groups is 1. The van der Waals surface area contributed by atoms with Crippen molar-refractivity contribution in [1.82, 2.24) is 0 Å². The standard InChI is InChI=1S/C12H11F3O/c1-2-3-8-11(16)9-6-4-5-7-10(9)12(13,14)15/h4-7,11,16H,8H2,1H3. The van der Waals surface area contributed by atoms with E-state index < -0.39 is 17.8 Å². The Morgan fingerprint density at radius 3 is 2.50 bits per heavy atom. The average Bonchev–Trinajstić information content (AvgIpc) is 2.24. The Labute approximate surface area is 91.9 Å². The van der Waals surface area contributed by atoms with E-state index in [0.717, 1.165) is 6.07 Å². The van der Waals surface area contributed by atoms with Crippen LogP contribution in [-0.4, -0.2) is 5.11 Å². The van der Waals surface area contributed by atoms with Crippen molar-refractivity contribution in [3.8, 4) is 11.8 Å². The molecule has 0 aliphatic carbocycles. The summed E-state index contributed by atoms with van der Waals surface area (Å²) in [5.41, 5.74) is -0.932. The van der Waals surface area contributed by atoms with E-state index in [9.17, 15) is 18.3 Å². The highest BCUT2D eigenvalue weighted by atomic mass is 19.4. The molecule has 86 valence electrons. The Kier molecular flexibility index (Phi) is 3.97. The van der Waals surface area contributed by atoms with E-state index in [0.29, 0.717) is 0 Å². The number of hydrogen-bond acceptors (Lipinski definition) is 1. The molecule has 1 unspecified atom stereocenters. The Morgan fingerprint density at radius 1 is 1.31 bits per heavy atom.